The fraction of sp³-hybridized carbons (Fsp3) is 0.333. The molecule has 2 aromatic heterocycles. The Bertz CT molecular complexity index is 832. The van der Waals surface area contributed by atoms with E-state index < -0.39 is 0 Å². The number of aromatic amines is 1. The molecule has 7 heteroatoms. The van der Waals surface area contributed by atoms with Gasteiger partial charge in [0.15, 0.2) is 0 Å². The van der Waals surface area contributed by atoms with Crippen LogP contribution in [-0.2, 0) is 11.3 Å². The molecule has 1 aliphatic rings. The Hall–Kier alpha value is -2.51. The molecule has 1 aromatic carbocycles. The molecule has 0 spiro atoms. The van der Waals surface area contributed by atoms with E-state index in [2.05, 4.69) is 20.0 Å². The lowest BCUT2D eigenvalue weighted by Gasteiger charge is -2.21. The zero-order valence-electron chi connectivity index (χ0n) is 14.0. The largest absolute Gasteiger partial charge is 0.380 e. The number of ether oxygens (including phenoxy) is 1. The summed E-state index contributed by atoms with van der Waals surface area (Å²) in [5.74, 6) is 0.652. The van der Waals surface area contributed by atoms with E-state index >= 15 is 0 Å². The highest BCUT2D eigenvalue weighted by molar-refractivity contribution is 5.32. The van der Waals surface area contributed by atoms with Crippen molar-refractivity contribution in [3.8, 4) is 5.69 Å². The number of nitrogens with zero attached hydrogens (tertiary/aromatic N) is 4. The van der Waals surface area contributed by atoms with Crippen LogP contribution in [0.1, 0.15) is 24.0 Å². The number of likely N-dealkylation sites (tertiary alicyclic amines) is 1. The molecule has 4 rings (SSSR count). The summed E-state index contributed by atoms with van der Waals surface area (Å²) in [5.41, 5.74) is 1.34. The van der Waals surface area contributed by atoms with Crippen molar-refractivity contribution in [1.82, 2.24) is 24.6 Å². The SMILES string of the molecule is CO[C@@H]1CC(c2ncc[nH]2)N(Cc2ccn(-c3ccccc3F)n2)C1. The van der Waals surface area contributed by atoms with E-state index in [9.17, 15) is 4.39 Å². The molecule has 3 aromatic rings. The number of nitrogens with one attached hydrogen (secondary N) is 1. The van der Waals surface area contributed by atoms with Crippen LogP contribution in [0.15, 0.2) is 48.9 Å². The van der Waals surface area contributed by atoms with Gasteiger partial charge in [0.05, 0.1) is 17.8 Å². The average molecular weight is 341 g/mol. The summed E-state index contributed by atoms with van der Waals surface area (Å²) in [4.78, 5) is 9.88. The Labute approximate surface area is 145 Å². The molecule has 25 heavy (non-hydrogen) atoms. The second kappa shape index (κ2) is 6.78. The van der Waals surface area contributed by atoms with Crippen LogP contribution >= 0.6 is 0 Å². The first-order chi connectivity index (χ1) is 12.2. The molecule has 0 bridgehead atoms. The Morgan fingerprint density at radius 2 is 2.20 bits per heavy atom. The Morgan fingerprint density at radius 1 is 1.32 bits per heavy atom. The summed E-state index contributed by atoms with van der Waals surface area (Å²) in [6.45, 7) is 1.47. The van der Waals surface area contributed by atoms with Crippen LogP contribution in [0.3, 0.4) is 0 Å². The highest BCUT2D eigenvalue weighted by Gasteiger charge is 2.35. The lowest BCUT2D eigenvalue weighted by atomic mass is 10.2. The van der Waals surface area contributed by atoms with Crippen LogP contribution in [-0.4, -0.2) is 44.4 Å². The predicted molar refractivity (Wildman–Crippen MR) is 90.7 cm³/mol. The van der Waals surface area contributed by atoms with Crippen LogP contribution in [0.4, 0.5) is 4.39 Å². The second-order valence-corrected chi connectivity index (χ2v) is 6.22. The summed E-state index contributed by atoms with van der Waals surface area (Å²) in [7, 11) is 1.74. The molecule has 1 N–H and O–H groups in total. The molecule has 2 atom stereocenters. The van der Waals surface area contributed by atoms with E-state index in [1.165, 1.54) is 6.07 Å². The van der Waals surface area contributed by atoms with Crippen LogP contribution in [0.25, 0.3) is 5.69 Å². The smallest absolute Gasteiger partial charge is 0.148 e. The summed E-state index contributed by atoms with van der Waals surface area (Å²) < 4.78 is 21.1. The van der Waals surface area contributed by atoms with Crippen LogP contribution in [0.2, 0.25) is 0 Å². The third kappa shape index (κ3) is 3.20. The molecule has 1 saturated heterocycles. The zero-order chi connectivity index (χ0) is 17.2. The van der Waals surface area contributed by atoms with Gasteiger partial charge in [-0.25, -0.2) is 14.1 Å². The first-order valence-corrected chi connectivity index (χ1v) is 8.30. The van der Waals surface area contributed by atoms with E-state index in [0.29, 0.717) is 12.2 Å². The van der Waals surface area contributed by atoms with Gasteiger partial charge in [0.25, 0.3) is 0 Å². The molecule has 0 amide bonds. The molecule has 0 radical (unpaired) electrons. The van der Waals surface area contributed by atoms with Crippen molar-refractivity contribution in [3.05, 3.63) is 66.3 Å². The minimum Gasteiger partial charge on any atom is -0.380 e. The summed E-state index contributed by atoms with van der Waals surface area (Å²) >= 11 is 0. The van der Waals surface area contributed by atoms with Crippen LogP contribution < -0.4 is 0 Å². The monoisotopic (exact) mass is 341 g/mol. The van der Waals surface area contributed by atoms with Crippen molar-refractivity contribution >= 4 is 0 Å². The van der Waals surface area contributed by atoms with E-state index in [4.69, 9.17) is 4.74 Å². The first kappa shape index (κ1) is 16.0. The maximum Gasteiger partial charge on any atom is 0.148 e. The summed E-state index contributed by atoms with van der Waals surface area (Å²) in [6.07, 6.45) is 6.45. The van der Waals surface area contributed by atoms with Gasteiger partial charge in [0.2, 0.25) is 0 Å². The number of aromatic nitrogens is 4. The lowest BCUT2D eigenvalue weighted by Crippen LogP contribution is -2.25. The number of imidazole rings is 1. The third-order valence-electron chi connectivity index (χ3n) is 4.64. The van der Waals surface area contributed by atoms with Crippen LogP contribution in [0, 0.1) is 5.82 Å². The van der Waals surface area contributed by atoms with Gasteiger partial charge in [-0.3, -0.25) is 4.90 Å². The van der Waals surface area contributed by atoms with Gasteiger partial charge in [-0.1, -0.05) is 12.1 Å². The van der Waals surface area contributed by atoms with Gasteiger partial charge in [0.1, 0.15) is 17.3 Å². The van der Waals surface area contributed by atoms with Gasteiger partial charge in [-0.15, -0.1) is 0 Å². The Kier molecular flexibility index (Phi) is 4.33. The third-order valence-corrected chi connectivity index (χ3v) is 4.64. The lowest BCUT2D eigenvalue weighted by molar-refractivity contribution is 0.107. The Balaban J connectivity index is 1.54. The van der Waals surface area contributed by atoms with Crippen molar-refractivity contribution in [2.24, 2.45) is 0 Å². The highest BCUT2D eigenvalue weighted by atomic mass is 19.1. The molecule has 1 unspecified atom stereocenters. The van der Waals surface area contributed by atoms with Gasteiger partial charge < -0.3 is 9.72 Å². The van der Waals surface area contributed by atoms with Crippen molar-refractivity contribution in [2.45, 2.75) is 25.1 Å². The van der Waals surface area contributed by atoms with Crippen molar-refractivity contribution in [3.63, 3.8) is 0 Å². The molecule has 1 aliphatic heterocycles. The van der Waals surface area contributed by atoms with Crippen molar-refractivity contribution in [2.75, 3.05) is 13.7 Å². The number of benzene rings is 1. The number of hydrogen-bond donors (Lipinski definition) is 1. The van der Waals surface area contributed by atoms with Crippen LogP contribution in [0.5, 0.6) is 0 Å². The van der Waals surface area contributed by atoms with Gasteiger partial charge in [-0.2, -0.15) is 5.10 Å². The minimum atomic E-state index is -0.286. The molecule has 1 fully saturated rings. The molecule has 0 saturated carbocycles. The fourth-order valence-corrected chi connectivity index (χ4v) is 3.38. The van der Waals surface area contributed by atoms with Gasteiger partial charge in [0, 0.05) is 38.8 Å². The van der Waals surface area contributed by atoms with E-state index in [1.54, 1.807) is 42.4 Å². The van der Waals surface area contributed by atoms with E-state index in [0.717, 1.165) is 24.5 Å². The molecular formula is C18H20FN5O. The minimum absolute atomic E-state index is 0.165. The summed E-state index contributed by atoms with van der Waals surface area (Å²) in [6, 6.07) is 8.72. The van der Waals surface area contributed by atoms with E-state index in [1.807, 2.05) is 12.3 Å². The zero-order valence-corrected chi connectivity index (χ0v) is 14.0. The maximum atomic E-state index is 13.9. The molecule has 130 valence electrons. The van der Waals surface area contributed by atoms with Crippen molar-refractivity contribution in [1.29, 1.82) is 0 Å². The first-order valence-electron chi connectivity index (χ1n) is 8.30. The summed E-state index contributed by atoms with van der Waals surface area (Å²) in [5, 5.41) is 4.54. The van der Waals surface area contributed by atoms with Gasteiger partial charge >= 0.3 is 0 Å². The number of methoxy groups -OCH3 is 1. The molecular weight excluding hydrogens is 321 g/mol. The second-order valence-electron chi connectivity index (χ2n) is 6.22. The highest BCUT2D eigenvalue weighted by Crippen LogP contribution is 2.32. The number of rotatable bonds is 5. The topological polar surface area (TPSA) is 59.0 Å². The molecule has 3 heterocycles. The number of para-hydroxylation sites is 1. The predicted octanol–water partition coefficient (Wildman–Crippen LogP) is 2.70. The number of H-pyrrole nitrogens is 1. The molecule has 6 nitrogen and oxygen atoms in total. The molecule has 0 aliphatic carbocycles. The number of halogens is 1. The fourth-order valence-electron chi connectivity index (χ4n) is 3.38. The van der Waals surface area contributed by atoms with Crippen molar-refractivity contribution < 1.29 is 9.13 Å². The Morgan fingerprint density at radius 3 is 2.96 bits per heavy atom. The maximum absolute atomic E-state index is 13.9. The average Bonchev–Trinajstić information content (AvgIpc) is 3.36. The standard InChI is InChI=1S/C18H20FN5O/c1-25-14-10-17(18-20-7-8-21-18)23(12-14)11-13-6-9-24(22-13)16-5-3-2-4-15(16)19/h2-9,14,17H,10-12H2,1H3,(H,20,21)/t14-,17?/m1/s1. The number of hydrogen-bond acceptors (Lipinski definition) is 4. The van der Waals surface area contributed by atoms with E-state index in [-0.39, 0.29) is 18.0 Å². The quantitative estimate of drug-likeness (QED) is 0.775. The normalized spacial score (nSPS) is 21.0. The van der Waals surface area contributed by atoms with Gasteiger partial charge in [-0.05, 0) is 24.6 Å².